The highest BCUT2D eigenvalue weighted by Gasteiger charge is 2.22. The molecule has 4 heteroatoms. The van der Waals surface area contributed by atoms with Crippen molar-refractivity contribution in [2.24, 2.45) is 0 Å². The van der Waals surface area contributed by atoms with E-state index < -0.39 is 0 Å². The molecule has 0 aromatic carbocycles. The maximum absolute atomic E-state index is 5.76. The van der Waals surface area contributed by atoms with E-state index in [1.807, 2.05) is 12.4 Å². The Hall–Kier alpha value is -1.29. The van der Waals surface area contributed by atoms with Crippen molar-refractivity contribution in [3.05, 3.63) is 18.5 Å². The summed E-state index contributed by atoms with van der Waals surface area (Å²) in [5.41, 5.74) is 2.28. The van der Waals surface area contributed by atoms with Crippen LogP contribution in [-0.4, -0.2) is 36.8 Å². The minimum Gasteiger partial charge on any atom is -0.384 e. The van der Waals surface area contributed by atoms with Gasteiger partial charge < -0.3 is 15.0 Å². The average molecular weight is 249 g/mol. The molecule has 2 unspecified atom stereocenters. The van der Waals surface area contributed by atoms with E-state index in [4.69, 9.17) is 4.74 Å². The number of pyridine rings is 1. The van der Waals surface area contributed by atoms with Crippen molar-refractivity contribution in [3.63, 3.8) is 0 Å². The van der Waals surface area contributed by atoms with E-state index in [0.29, 0.717) is 0 Å². The van der Waals surface area contributed by atoms with Crippen LogP contribution >= 0.6 is 0 Å². The third-order valence-electron chi connectivity index (χ3n) is 3.09. The number of hydrogen-bond acceptors (Lipinski definition) is 4. The number of hydrogen-bond donors (Lipinski definition) is 1. The molecule has 1 N–H and O–H groups in total. The summed E-state index contributed by atoms with van der Waals surface area (Å²) in [6.45, 7) is 9.26. The van der Waals surface area contributed by atoms with Gasteiger partial charge in [0.25, 0.3) is 0 Å². The zero-order valence-electron chi connectivity index (χ0n) is 11.5. The number of morpholine rings is 1. The van der Waals surface area contributed by atoms with E-state index in [0.717, 1.165) is 31.7 Å². The maximum Gasteiger partial charge on any atom is 0.0726 e. The number of aromatic nitrogens is 1. The third kappa shape index (κ3) is 3.35. The number of rotatable bonds is 4. The molecule has 0 spiro atoms. The number of ether oxygens (including phenoxy) is 1. The fraction of sp³-hybridized carbons (Fsp3) is 0.643. The molecular formula is C14H23N3O. The summed E-state index contributed by atoms with van der Waals surface area (Å²) in [6, 6.07) is 2.17. The average Bonchev–Trinajstić information content (AvgIpc) is 2.35. The molecule has 1 aromatic heterocycles. The normalized spacial score (nSPS) is 24.1. The summed E-state index contributed by atoms with van der Waals surface area (Å²) in [4.78, 5) is 6.67. The van der Waals surface area contributed by atoms with Gasteiger partial charge in [0, 0.05) is 19.6 Å². The molecule has 1 saturated heterocycles. The molecule has 100 valence electrons. The molecule has 1 aliphatic heterocycles. The standard InChI is InChI=1S/C14H23N3O/c1-4-5-16-13-6-14(8-15-7-13)17-9-11(2)18-12(3)10-17/h6-8,11-12,16H,4-5,9-10H2,1-3H3. The van der Waals surface area contributed by atoms with Gasteiger partial charge in [0.15, 0.2) is 0 Å². The van der Waals surface area contributed by atoms with Crippen molar-refractivity contribution in [3.8, 4) is 0 Å². The summed E-state index contributed by atoms with van der Waals surface area (Å²) in [6.07, 6.45) is 5.49. The Labute approximate surface area is 109 Å². The van der Waals surface area contributed by atoms with Crippen LogP contribution in [0.3, 0.4) is 0 Å². The smallest absolute Gasteiger partial charge is 0.0726 e. The molecule has 4 nitrogen and oxygen atoms in total. The van der Waals surface area contributed by atoms with E-state index in [2.05, 4.69) is 42.0 Å². The Bertz CT molecular complexity index is 373. The minimum absolute atomic E-state index is 0.279. The van der Waals surface area contributed by atoms with Crippen LogP contribution in [0.1, 0.15) is 27.2 Å². The fourth-order valence-corrected chi connectivity index (χ4v) is 2.36. The predicted octanol–water partition coefficient (Wildman–Crippen LogP) is 2.52. The van der Waals surface area contributed by atoms with Gasteiger partial charge in [-0.15, -0.1) is 0 Å². The molecular weight excluding hydrogens is 226 g/mol. The molecule has 2 heterocycles. The predicted molar refractivity (Wildman–Crippen MR) is 75.2 cm³/mol. The van der Waals surface area contributed by atoms with Gasteiger partial charge in [-0.05, 0) is 26.3 Å². The Balaban J connectivity index is 2.07. The van der Waals surface area contributed by atoms with Gasteiger partial charge in [-0.25, -0.2) is 0 Å². The second kappa shape index (κ2) is 6.05. The topological polar surface area (TPSA) is 37.4 Å². The first-order valence-corrected chi connectivity index (χ1v) is 6.78. The molecule has 1 aromatic rings. The number of nitrogens with one attached hydrogen (secondary N) is 1. The van der Waals surface area contributed by atoms with Crippen LogP contribution in [0.25, 0.3) is 0 Å². The van der Waals surface area contributed by atoms with Gasteiger partial charge in [-0.3, -0.25) is 4.98 Å². The third-order valence-corrected chi connectivity index (χ3v) is 3.09. The second-order valence-corrected chi connectivity index (χ2v) is 5.02. The van der Waals surface area contributed by atoms with Crippen LogP contribution in [-0.2, 0) is 4.74 Å². The minimum atomic E-state index is 0.279. The van der Waals surface area contributed by atoms with E-state index in [9.17, 15) is 0 Å². The van der Waals surface area contributed by atoms with Gasteiger partial charge in [-0.2, -0.15) is 0 Å². The quantitative estimate of drug-likeness (QED) is 0.889. The number of anilines is 2. The van der Waals surface area contributed by atoms with Gasteiger partial charge in [0.05, 0.1) is 36.0 Å². The Morgan fingerprint density at radius 1 is 1.33 bits per heavy atom. The molecule has 0 bridgehead atoms. The monoisotopic (exact) mass is 249 g/mol. The van der Waals surface area contributed by atoms with Crippen LogP contribution in [0.15, 0.2) is 18.5 Å². The lowest BCUT2D eigenvalue weighted by Gasteiger charge is -2.36. The highest BCUT2D eigenvalue weighted by atomic mass is 16.5. The molecule has 0 aliphatic carbocycles. The lowest BCUT2D eigenvalue weighted by Crippen LogP contribution is -2.45. The highest BCUT2D eigenvalue weighted by Crippen LogP contribution is 2.22. The van der Waals surface area contributed by atoms with Crippen molar-refractivity contribution in [2.75, 3.05) is 29.9 Å². The largest absolute Gasteiger partial charge is 0.384 e. The lowest BCUT2D eigenvalue weighted by atomic mass is 10.2. The van der Waals surface area contributed by atoms with E-state index in [-0.39, 0.29) is 12.2 Å². The molecule has 1 aliphatic rings. The Morgan fingerprint density at radius 3 is 2.72 bits per heavy atom. The van der Waals surface area contributed by atoms with E-state index in [1.54, 1.807) is 0 Å². The summed E-state index contributed by atoms with van der Waals surface area (Å²) in [7, 11) is 0. The Kier molecular flexibility index (Phi) is 4.42. The zero-order chi connectivity index (χ0) is 13.0. The summed E-state index contributed by atoms with van der Waals surface area (Å²) >= 11 is 0. The second-order valence-electron chi connectivity index (χ2n) is 5.02. The van der Waals surface area contributed by atoms with Crippen molar-refractivity contribution in [1.82, 2.24) is 4.98 Å². The van der Waals surface area contributed by atoms with Crippen LogP contribution in [0.2, 0.25) is 0 Å². The van der Waals surface area contributed by atoms with Crippen LogP contribution in [0.4, 0.5) is 11.4 Å². The van der Waals surface area contributed by atoms with Crippen molar-refractivity contribution in [1.29, 1.82) is 0 Å². The first kappa shape index (κ1) is 13.1. The van der Waals surface area contributed by atoms with Crippen LogP contribution in [0.5, 0.6) is 0 Å². The van der Waals surface area contributed by atoms with Gasteiger partial charge >= 0.3 is 0 Å². The lowest BCUT2D eigenvalue weighted by molar-refractivity contribution is -0.00523. The molecule has 2 rings (SSSR count). The highest BCUT2D eigenvalue weighted by molar-refractivity contribution is 5.55. The maximum atomic E-state index is 5.76. The fourth-order valence-electron chi connectivity index (χ4n) is 2.36. The number of nitrogens with zero attached hydrogens (tertiary/aromatic N) is 2. The van der Waals surface area contributed by atoms with Crippen LogP contribution < -0.4 is 10.2 Å². The molecule has 1 fully saturated rings. The van der Waals surface area contributed by atoms with Gasteiger partial charge in [0.1, 0.15) is 0 Å². The van der Waals surface area contributed by atoms with Crippen molar-refractivity contribution in [2.45, 2.75) is 39.4 Å². The molecule has 0 radical (unpaired) electrons. The first-order valence-electron chi connectivity index (χ1n) is 6.78. The zero-order valence-corrected chi connectivity index (χ0v) is 11.5. The Morgan fingerprint density at radius 2 is 2.06 bits per heavy atom. The van der Waals surface area contributed by atoms with Crippen LogP contribution in [0, 0.1) is 0 Å². The van der Waals surface area contributed by atoms with Gasteiger partial charge in [-0.1, -0.05) is 6.92 Å². The van der Waals surface area contributed by atoms with Crippen molar-refractivity contribution < 1.29 is 4.74 Å². The summed E-state index contributed by atoms with van der Waals surface area (Å²) in [5, 5.41) is 3.38. The SMILES string of the molecule is CCCNc1cncc(N2CC(C)OC(C)C2)c1. The molecule has 18 heavy (non-hydrogen) atoms. The first-order chi connectivity index (χ1) is 8.69. The summed E-state index contributed by atoms with van der Waals surface area (Å²) in [5.74, 6) is 0. The summed E-state index contributed by atoms with van der Waals surface area (Å²) < 4.78 is 5.76. The van der Waals surface area contributed by atoms with E-state index in [1.165, 1.54) is 5.69 Å². The molecule has 0 amide bonds. The van der Waals surface area contributed by atoms with Crippen molar-refractivity contribution >= 4 is 11.4 Å². The molecule has 2 atom stereocenters. The molecule has 0 saturated carbocycles. The van der Waals surface area contributed by atoms with E-state index >= 15 is 0 Å². The van der Waals surface area contributed by atoms with Gasteiger partial charge in [0.2, 0.25) is 0 Å².